The summed E-state index contributed by atoms with van der Waals surface area (Å²) in [4.78, 5) is 12.9. The van der Waals surface area contributed by atoms with Crippen LogP contribution in [0.5, 0.6) is 5.75 Å². The third-order valence-electron chi connectivity index (χ3n) is 5.91. The van der Waals surface area contributed by atoms with Crippen molar-refractivity contribution in [3.8, 4) is 5.75 Å². The summed E-state index contributed by atoms with van der Waals surface area (Å²) in [6.45, 7) is 1.96. The molecule has 0 fully saturated rings. The summed E-state index contributed by atoms with van der Waals surface area (Å²) < 4.78 is 12.0. The number of nitrogens with one attached hydrogen (secondary N) is 1. The van der Waals surface area contributed by atoms with E-state index in [1.165, 1.54) is 24.0 Å². The van der Waals surface area contributed by atoms with Crippen LogP contribution in [0, 0.1) is 0 Å². The standard InChI is InChI=1S/C26H25NO3/c1-2-23(29-20-13-11-17-7-3-4-8-18(17)15-20)26(28)27-19-12-14-22-21-9-5-6-10-24(21)30-25(22)16-19/h5-6,9-16,23H,2-4,7-8H2,1H3,(H,27,28)/t23-/m0/s1. The molecule has 0 unspecified atom stereocenters. The third kappa shape index (κ3) is 3.54. The predicted molar refractivity (Wildman–Crippen MR) is 120 cm³/mol. The zero-order valence-electron chi connectivity index (χ0n) is 17.1. The summed E-state index contributed by atoms with van der Waals surface area (Å²) in [6.07, 6.45) is 4.75. The fraction of sp³-hybridized carbons (Fsp3) is 0.269. The van der Waals surface area contributed by atoms with E-state index in [0.717, 1.165) is 40.5 Å². The lowest BCUT2D eigenvalue weighted by Gasteiger charge is -2.20. The van der Waals surface area contributed by atoms with E-state index >= 15 is 0 Å². The number of benzene rings is 3. The lowest BCUT2D eigenvalue weighted by Crippen LogP contribution is -2.32. The fourth-order valence-electron chi connectivity index (χ4n) is 4.30. The maximum absolute atomic E-state index is 12.9. The Morgan fingerprint density at radius 1 is 0.967 bits per heavy atom. The van der Waals surface area contributed by atoms with E-state index in [1.54, 1.807) is 0 Å². The maximum atomic E-state index is 12.9. The maximum Gasteiger partial charge on any atom is 0.265 e. The van der Waals surface area contributed by atoms with Crippen LogP contribution in [0.4, 0.5) is 5.69 Å². The van der Waals surface area contributed by atoms with Crippen LogP contribution >= 0.6 is 0 Å². The zero-order valence-corrected chi connectivity index (χ0v) is 17.1. The Morgan fingerprint density at radius 2 is 1.77 bits per heavy atom. The first kappa shape index (κ1) is 18.7. The Morgan fingerprint density at radius 3 is 2.63 bits per heavy atom. The van der Waals surface area contributed by atoms with Crippen LogP contribution in [-0.4, -0.2) is 12.0 Å². The van der Waals surface area contributed by atoms with E-state index in [2.05, 4.69) is 17.4 Å². The molecular formula is C26H25NO3. The molecule has 3 aromatic carbocycles. The van der Waals surface area contributed by atoms with Crippen molar-refractivity contribution < 1.29 is 13.9 Å². The van der Waals surface area contributed by atoms with Gasteiger partial charge in [0.05, 0.1) is 0 Å². The van der Waals surface area contributed by atoms with Crippen molar-refractivity contribution in [2.75, 3.05) is 5.32 Å². The predicted octanol–water partition coefficient (Wildman–Crippen LogP) is 6.26. The molecule has 0 saturated heterocycles. The molecule has 1 aliphatic carbocycles. The van der Waals surface area contributed by atoms with Crippen molar-refractivity contribution in [1.82, 2.24) is 0 Å². The number of anilines is 1. The van der Waals surface area contributed by atoms with E-state index in [0.29, 0.717) is 12.1 Å². The van der Waals surface area contributed by atoms with Crippen molar-refractivity contribution in [2.24, 2.45) is 0 Å². The number of hydrogen-bond donors (Lipinski definition) is 1. The van der Waals surface area contributed by atoms with Crippen LogP contribution in [0.1, 0.15) is 37.3 Å². The summed E-state index contributed by atoms with van der Waals surface area (Å²) in [5.74, 6) is 0.621. The molecule has 0 bridgehead atoms. The van der Waals surface area contributed by atoms with Crippen LogP contribution in [0.15, 0.2) is 65.1 Å². The number of amides is 1. The van der Waals surface area contributed by atoms with Crippen LogP contribution in [0.25, 0.3) is 21.9 Å². The molecule has 1 aliphatic rings. The Labute approximate surface area is 175 Å². The first-order valence-electron chi connectivity index (χ1n) is 10.7. The quantitative estimate of drug-likeness (QED) is 0.431. The molecule has 152 valence electrons. The Kier molecular flexibility index (Phi) is 4.91. The number of aryl methyl sites for hydroxylation is 2. The van der Waals surface area contributed by atoms with E-state index < -0.39 is 6.10 Å². The Hall–Kier alpha value is -3.27. The fourth-order valence-corrected chi connectivity index (χ4v) is 4.30. The highest BCUT2D eigenvalue weighted by Gasteiger charge is 2.20. The second kappa shape index (κ2) is 7.86. The van der Waals surface area contributed by atoms with Crippen LogP contribution in [-0.2, 0) is 17.6 Å². The van der Waals surface area contributed by atoms with Crippen LogP contribution in [0.3, 0.4) is 0 Å². The lowest BCUT2D eigenvalue weighted by atomic mass is 9.92. The molecule has 4 nitrogen and oxygen atoms in total. The minimum absolute atomic E-state index is 0.148. The van der Waals surface area contributed by atoms with Gasteiger partial charge in [0.15, 0.2) is 6.10 Å². The highest BCUT2D eigenvalue weighted by molar-refractivity contribution is 6.06. The molecule has 1 N–H and O–H groups in total. The number of para-hydroxylation sites is 1. The molecule has 5 rings (SSSR count). The molecule has 1 heterocycles. The molecule has 1 aromatic heterocycles. The average Bonchev–Trinajstić information content (AvgIpc) is 3.15. The summed E-state index contributed by atoms with van der Waals surface area (Å²) in [7, 11) is 0. The third-order valence-corrected chi connectivity index (χ3v) is 5.91. The van der Waals surface area contributed by atoms with E-state index in [4.69, 9.17) is 9.15 Å². The van der Waals surface area contributed by atoms with Gasteiger partial charge in [-0.25, -0.2) is 0 Å². The van der Waals surface area contributed by atoms with Crippen molar-refractivity contribution in [1.29, 1.82) is 0 Å². The van der Waals surface area contributed by atoms with Crippen LogP contribution in [0.2, 0.25) is 0 Å². The molecule has 0 aliphatic heterocycles. The number of hydrogen-bond acceptors (Lipinski definition) is 3. The minimum atomic E-state index is -0.544. The number of rotatable bonds is 5. The summed E-state index contributed by atoms with van der Waals surface area (Å²) in [5.41, 5.74) is 5.07. The normalized spacial score (nSPS) is 14.4. The highest BCUT2D eigenvalue weighted by atomic mass is 16.5. The molecular weight excluding hydrogens is 374 g/mol. The van der Waals surface area contributed by atoms with Crippen molar-refractivity contribution >= 4 is 33.5 Å². The smallest absolute Gasteiger partial charge is 0.265 e. The first-order valence-corrected chi connectivity index (χ1v) is 10.7. The van der Waals surface area contributed by atoms with Gasteiger partial charge >= 0.3 is 0 Å². The van der Waals surface area contributed by atoms with Gasteiger partial charge in [-0.2, -0.15) is 0 Å². The first-order chi connectivity index (χ1) is 14.7. The van der Waals surface area contributed by atoms with Gasteiger partial charge in [0.2, 0.25) is 0 Å². The summed E-state index contributed by atoms with van der Waals surface area (Å²) in [5, 5.41) is 5.11. The zero-order chi connectivity index (χ0) is 20.5. The topological polar surface area (TPSA) is 51.5 Å². The molecule has 30 heavy (non-hydrogen) atoms. The number of fused-ring (bicyclic) bond motifs is 4. The van der Waals surface area contributed by atoms with Gasteiger partial charge in [-0.05, 0) is 73.6 Å². The average molecular weight is 399 g/mol. The molecule has 0 spiro atoms. The van der Waals surface area contributed by atoms with E-state index in [1.807, 2.05) is 55.5 Å². The highest BCUT2D eigenvalue weighted by Crippen LogP contribution is 2.31. The van der Waals surface area contributed by atoms with Gasteiger partial charge in [-0.15, -0.1) is 0 Å². The second-order valence-electron chi connectivity index (χ2n) is 7.95. The molecule has 0 saturated carbocycles. The second-order valence-corrected chi connectivity index (χ2v) is 7.95. The molecule has 1 amide bonds. The van der Waals surface area contributed by atoms with Gasteiger partial charge in [-0.1, -0.05) is 31.2 Å². The van der Waals surface area contributed by atoms with Gasteiger partial charge in [0.1, 0.15) is 16.9 Å². The number of ether oxygens (including phenoxy) is 1. The van der Waals surface area contributed by atoms with Crippen molar-refractivity contribution in [3.05, 3.63) is 71.8 Å². The largest absolute Gasteiger partial charge is 0.481 e. The summed E-state index contributed by atoms with van der Waals surface area (Å²) >= 11 is 0. The van der Waals surface area contributed by atoms with Gasteiger partial charge in [0.25, 0.3) is 5.91 Å². The SMILES string of the molecule is CC[C@H](Oc1ccc2c(c1)CCCC2)C(=O)Nc1ccc2c(c1)oc1ccccc12. The van der Waals surface area contributed by atoms with Crippen LogP contribution < -0.4 is 10.1 Å². The molecule has 1 atom stereocenters. The van der Waals surface area contributed by atoms with E-state index in [-0.39, 0.29) is 5.91 Å². The number of furan rings is 1. The van der Waals surface area contributed by atoms with Crippen molar-refractivity contribution in [3.63, 3.8) is 0 Å². The number of carbonyl (C=O) groups excluding carboxylic acids is 1. The molecule has 4 aromatic rings. The summed E-state index contributed by atoms with van der Waals surface area (Å²) in [6, 6.07) is 19.9. The van der Waals surface area contributed by atoms with Crippen molar-refractivity contribution in [2.45, 2.75) is 45.1 Å². The van der Waals surface area contributed by atoms with E-state index in [9.17, 15) is 4.79 Å². The van der Waals surface area contributed by atoms with Gasteiger partial charge in [-0.3, -0.25) is 4.79 Å². The Bertz CT molecular complexity index is 1220. The molecule has 4 heteroatoms. The van der Waals surface area contributed by atoms with Gasteiger partial charge < -0.3 is 14.5 Å². The molecule has 0 radical (unpaired) electrons. The van der Waals surface area contributed by atoms with Gasteiger partial charge in [0, 0.05) is 22.5 Å². The monoisotopic (exact) mass is 399 g/mol. The lowest BCUT2D eigenvalue weighted by molar-refractivity contribution is -0.122. The minimum Gasteiger partial charge on any atom is -0.481 e. The Balaban J connectivity index is 1.33. The number of carbonyl (C=O) groups is 1.